The van der Waals surface area contributed by atoms with E-state index in [0.717, 1.165) is 22.5 Å². The van der Waals surface area contributed by atoms with Crippen molar-refractivity contribution in [1.82, 2.24) is 4.57 Å². The van der Waals surface area contributed by atoms with Crippen molar-refractivity contribution in [3.63, 3.8) is 0 Å². The molecule has 0 aliphatic heterocycles. The molecule has 1 heterocycles. The summed E-state index contributed by atoms with van der Waals surface area (Å²) in [6, 6.07) is 11.7. The number of benzene rings is 2. The van der Waals surface area contributed by atoms with E-state index in [4.69, 9.17) is 0 Å². The van der Waals surface area contributed by atoms with E-state index in [2.05, 4.69) is 34.0 Å². The summed E-state index contributed by atoms with van der Waals surface area (Å²) in [4.78, 5) is 17.4. The van der Waals surface area contributed by atoms with E-state index in [9.17, 15) is 9.18 Å². The van der Waals surface area contributed by atoms with Gasteiger partial charge in [0.05, 0.1) is 10.2 Å². The summed E-state index contributed by atoms with van der Waals surface area (Å²) >= 11 is 3.26. The van der Waals surface area contributed by atoms with Gasteiger partial charge in [0.1, 0.15) is 5.82 Å². The Hall–Kier alpha value is -1.92. The zero-order valence-electron chi connectivity index (χ0n) is 13.5. The highest BCUT2D eigenvalue weighted by Crippen LogP contribution is 2.19. The van der Waals surface area contributed by atoms with Crippen molar-refractivity contribution in [2.24, 2.45) is 4.99 Å². The van der Waals surface area contributed by atoms with Crippen LogP contribution in [0.3, 0.4) is 0 Å². The topological polar surface area (TPSA) is 34.4 Å². The predicted octanol–water partition coefficient (Wildman–Crippen LogP) is 4.25. The molecule has 2 aromatic carbocycles. The number of rotatable bonds is 4. The smallest absolute Gasteiger partial charge is 0.279 e. The quantitative estimate of drug-likeness (QED) is 0.697. The van der Waals surface area contributed by atoms with Crippen molar-refractivity contribution in [3.05, 3.63) is 64.2 Å². The number of fused-ring (bicyclic) bond motifs is 1. The zero-order valence-corrected chi connectivity index (χ0v) is 15.1. The molecule has 0 spiro atoms. The predicted molar refractivity (Wildman–Crippen MR) is 99.2 cm³/mol. The van der Waals surface area contributed by atoms with Crippen LogP contribution in [0.1, 0.15) is 15.9 Å². The summed E-state index contributed by atoms with van der Waals surface area (Å²) in [6.07, 6.45) is 2.06. The van der Waals surface area contributed by atoms with Crippen molar-refractivity contribution in [3.8, 4) is 0 Å². The van der Waals surface area contributed by atoms with Gasteiger partial charge < -0.3 is 4.57 Å². The number of hydrogen-bond acceptors (Lipinski definition) is 3. The number of thiazole rings is 1. The number of nitrogens with zero attached hydrogens (tertiary/aromatic N) is 2. The number of carbonyl (C=O) groups excluding carboxylic acids is 1. The highest BCUT2D eigenvalue weighted by Gasteiger charge is 2.09. The van der Waals surface area contributed by atoms with E-state index in [-0.39, 0.29) is 11.7 Å². The number of aromatic nitrogens is 1. The fourth-order valence-electron chi connectivity index (χ4n) is 2.41. The summed E-state index contributed by atoms with van der Waals surface area (Å²) in [6.45, 7) is 2.84. The van der Waals surface area contributed by atoms with Crippen LogP contribution >= 0.6 is 23.1 Å². The van der Waals surface area contributed by atoms with Crippen LogP contribution in [0.4, 0.5) is 4.39 Å². The van der Waals surface area contributed by atoms with Crippen molar-refractivity contribution in [1.29, 1.82) is 0 Å². The molecule has 0 aliphatic carbocycles. The molecule has 6 heteroatoms. The maximum Gasteiger partial charge on any atom is 0.279 e. The minimum absolute atomic E-state index is 0.351. The van der Waals surface area contributed by atoms with Crippen LogP contribution in [0.25, 0.3) is 10.2 Å². The van der Waals surface area contributed by atoms with Crippen molar-refractivity contribution in [2.75, 3.05) is 12.0 Å². The maximum absolute atomic E-state index is 13.0. The van der Waals surface area contributed by atoms with Crippen LogP contribution in [0.5, 0.6) is 0 Å². The van der Waals surface area contributed by atoms with Gasteiger partial charge in [0.25, 0.3) is 5.91 Å². The van der Waals surface area contributed by atoms with Crippen molar-refractivity contribution in [2.45, 2.75) is 13.5 Å². The lowest BCUT2D eigenvalue weighted by atomic mass is 10.2. The van der Waals surface area contributed by atoms with E-state index >= 15 is 0 Å². The highest BCUT2D eigenvalue weighted by molar-refractivity contribution is 7.98. The Morgan fingerprint density at radius 1 is 1.25 bits per heavy atom. The second kappa shape index (κ2) is 7.32. The molecule has 24 heavy (non-hydrogen) atoms. The van der Waals surface area contributed by atoms with Gasteiger partial charge in [-0.3, -0.25) is 4.79 Å². The Morgan fingerprint density at radius 3 is 2.71 bits per heavy atom. The first-order valence-electron chi connectivity index (χ1n) is 7.52. The molecule has 0 fully saturated rings. The molecule has 1 amide bonds. The van der Waals surface area contributed by atoms with Crippen LogP contribution in [0, 0.1) is 12.7 Å². The van der Waals surface area contributed by atoms with Gasteiger partial charge in [-0.1, -0.05) is 17.4 Å². The van der Waals surface area contributed by atoms with Crippen LogP contribution in [0.2, 0.25) is 0 Å². The van der Waals surface area contributed by atoms with Gasteiger partial charge in [-0.15, -0.1) is 0 Å². The molecule has 0 saturated heterocycles. The molecule has 0 saturated carbocycles. The Balaban J connectivity index is 2.09. The van der Waals surface area contributed by atoms with E-state index in [1.165, 1.54) is 41.2 Å². The monoisotopic (exact) mass is 360 g/mol. The normalized spacial score (nSPS) is 12.0. The standard InChI is InChI=1S/C18H17FN2OS2/c1-12-3-8-15-16(11-12)24-18(21(15)9-10-23-2)20-17(22)13-4-6-14(19)7-5-13/h3-8,11H,9-10H2,1-2H3. The Kier molecular flexibility index (Phi) is 5.16. The van der Waals surface area contributed by atoms with E-state index in [0.29, 0.717) is 10.4 Å². The first kappa shape index (κ1) is 16.9. The fraction of sp³-hybridized carbons (Fsp3) is 0.222. The highest BCUT2D eigenvalue weighted by atomic mass is 32.2. The first-order valence-corrected chi connectivity index (χ1v) is 9.73. The molecule has 3 aromatic rings. The molecule has 124 valence electrons. The van der Waals surface area contributed by atoms with Gasteiger partial charge in [-0.05, 0) is 55.1 Å². The number of hydrogen-bond donors (Lipinski definition) is 0. The largest absolute Gasteiger partial charge is 0.316 e. The minimum Gasteiger partial charge on any atom is -0.316 e. The maximum atomic E-state index is 13.0. The second-order valence-electron chi connectivity index (χ2n) is 5.42. The van der Waals surface area contributed by atoms with E-state index in [1.807, 2.05) is 6.92 Å². The summed E-state index contributed by atoms with van der Waals surface area (Å²) in [7, 11) is 0. The molecule has 0 aliphatic rings. The van der Waals surface area contributed by atoms with Gasteiger partial charge in [-0.25, -0.2) is 4.39 Å². The second-order valence-corrected chi connectivity index (χ2v) is 7.42. The number of halogens is 1. The third kappa shape index (κ3) is 3.60. The molecular formula is C18H17FN2OS2. The lowest BCUT2D eigenvalue weighted by molar-refractivity contribution is 0.0998. The molecule has 0 unspecified atom stereocenters. The minimum atomic E-state index is -0.362. The van der Waals surface area contributed by atoms with Crippen molar-refractivity contribution >= 4 is 39.2 Å². The van der Waals surface area contributed by atoms with E-state index in [1.54, 1.807) is 11.8 Å². The lowest BCUT2D eigenvalue weighted by Gasteiger charge is -2.04. The molecule has 0 N–H and O–H groups in total. The molecule has 0 atom stereocenters. The molecular weight excluding hydrogens is 343 g/mol. The van der Waals surface area contributed by atoms with Crippen molar-refractivity contribution < 1.29 is 9.18 Å². The molecule has 0 bridgehead atoms. The third-order valence-corrected chi connectivity index (χ3v) is 5.28. The zero-order chi connectivity index (χ0) is 17.1. The number of thioether (sulfide) groups is 1. The Labute approximate surface area is 147 Å². The van der Waals surface area contributed by atoms with Crippen LogP contribution in [-0.4, -0.2) is 22.5 Å². The summed E-state index contributed by atoms with van der Waals surface area (Å²) in [5.41, 5.74) is 2.66. The lowest BCUT2D eigenvalue weighted by Crippen LogP contribution is -2.18. The summed E-state index contributed by atoms with van der Waals surface area (Å²) < 4.78 is 16.2. The van der Waals surface area contributed by atoms with Gasteiger partial charge in [0.2, 0.25) is 0 Å². The van der Waals surface area contributed by atoms with Gasteiger partial charge in [0.15, 0.2) is 4.80 Å². The average molecular weight is 360 g/mol. The summed E-state index contributed by atoms with van der Waals surface area (Å²) in [5.74, 6) is 0.229. The molecule has 3 rings (SSSR count). The van der Waals surface area contributed by atoms with Gasteiger partial charge in [-0.2, -0.15) is 16.8 Å². The summed E-state index contributed by atoms with van der Waals surface area (Å²) in [5, 5.41) is 0. The molecule has 1 aromatic heterocycles. The number of aryl methyl sites for hydroxylation is 2. The molecule has 3 nitrogen and oxygen atoms in total. The van der Waals surface area contributed by atoms with Crippen LogP contribution in [0.15, 0.2) is 47.5 Å². The van der Waals surface area contributed by atoms with Gasteiger partial charge >= 0.3 is 0 Å². The fourth-order valence-corrected chi connectivity index (χ4v) is 3.93. The van der Waals surface area contributed by atoms with E-state index < -0.39 is 0 Å². The third-order valence-electron chi connectivity index (χ3n) is 3.65. The average Bonchev–Trinajstić information content (AvgIpc) is 2.89. The Morgan fingerprint density at radius 2 is 2.00 bits per heavy atom. The number of carbonyl (C=O) groups is 1. The van der Waals surface area contributed by atoms with Crippen LogP contribution < -0.4 is 4.80 Å². The Bertz CT molecular complexity index is 942. The number of amides is 1. The van der Waals surface area contributed by atoms with Crippen LogP contribution in [-0.2, 0) is 6.54 Å². The SMILES string of the molecule is CSCCn1c(=NC(=O)c2ccc(F)cc2)sc2cc(C)ccc21. The first-order chi connectivity index (χ1) is 11.6. The van der Waals surface area contributed by atoms with Gasteiger partial charge in [0, 0.05) is 17.9 Å². The molecule has 0 radical (unpaired) electrons.